The van der Waals surface area contributed by atoms with Crippen molar-refractivity contribution in [1.29, 1.82) is 0 Å². The van der Waals surface area contributed by atoms with Gasteiger partial charge in [0.15, 0.2) is 5.65 Å². The normalized spacial score (nSPS) is 12.0. The lowest BCUT2D eigenvalue weighted by atomic mass is 10.2. The van der Waals surface area contributed by atoms with Gasteiger partial charge < -0.3 is 4.74 Å². The van der Waals surface area contributed by atoms with E-state index in [1.54, 1.807) is 12.3 Å². The third kappa shape index (κ3) is 4.03. The van der Waals surface area contributed by atoms with Crippen LogP contribution in [0.4, 0.5) is 18.9 Å². The molecule has 2 aromatic heterocycles. The van der Waals surface area contributed by atoms with Crippen LogP contribution in [0.15, 0.2) is 59.7 Å². The van der Waals surface area contributed by atoms with E-state index >= 15 is 0 Å². The number of alkyl halides is 3. The third-order valence-electron chi connectivity index (χ3n) is 2.90. The van der Waals surface area contributed by atoms with Crippen molar-refractivity contribution in [2.45, 2.75) is 6.36 Å². The van der Waals surface area contributed by atoms with Crippen LogP contribution in [0.3, 0.4) is 0 Å². The Bertz CT molecular complexity index is 845. The van der Waals surface area contributed by atoms with Gasteiger partial charge in [-0.2, -0.15) is 0 Å². The second-order valence-electron chi connectivity index (χ2n) is 4.59. The fourth-order valence-corrected chi connectivity index (χ4v) is 1.91. The molecule has 0 aliphatic heterocycles. The van der Waals surface area contributed by atoms with E-state index < -0.39 is 6.36 Å². The molecule has 7 heteroatoms. The lowest BCUT2D eigenvalue weighted by Gasteiger charge is -2.08. The zero-order valence-corrected chi connectivity index (χ0v) is 11.7. The summed E-state index contributed by atoms with van der Waals surface area (Å²) in [5, 5.41) is 0.915. The highest BCUT2D eigenvalue weighted by molar-refractivity contribution is 5.84. The Hall–Kier alpha value is -2.96. The van der Waals surface area contributed by atoms with Crippen LogP contribution in [-0.4, -0.2) is 22.5 Å². The quantitative estimate of drug-likeness (QED) is 0.677. The summed E-state index contributed by atoms with van der Waals surface area (Å²) in [6, 6.07) is 12.6. The Kier molecular flexibility index (Phi) is 3.92. The number of fused-ring (bicyclic) bond motifs is 1. The second kappa shape index (κ2) is 6.04. The number of benzene rings is 1. The molecule has 0 N–H and O–H groups in total. The van der Waals surface area contributed by atoms with Crippen LogP contribution in [0.5, 0.6) is 5.75 Å². The maximum absolute atomic E-state index is 12.1. The minimum absolute atomic E-state index is 0.288. The fourth-order valence-electron chi connectivity index (χ4n) is 1.91. The van der Waals surface area contributed by atoms with Gasteiger partial charge in [0.25, 0.3) is 0 Å². The van der Waals surface area contributed by atoms with Crippen molar-refractivity contribution in [3.8, 4) is 5.75 Å². The summed E-state index contributed by atoms with van der Waals surface area (Å²) in [6.07, 6.45) is -1.53. The van der Waals surface area contributed by atoms with Gasteiger partial charge in [-0.3, -0.25) is 4.99 Å². The van der Waals surface area contributed by atoms with Crippen LogP contribution in [-0.2, 0) is 0 Å². The molecule has 0 atom stereocenters. The van der Waals surface area contributed by atoms with Crippen molar-refractivity contribution >= 4 is 22.9 Å². The van der Waals surface area contributed by atoms with Crippen LogP contribution in [0.25, 0.3) is 11.0 Å². The van der Waals surface area contributed by atoms with Crippen molar-refractivity contribution in [2.75, 3.05) is 0 Å². The molecule has 0 aliphatic carbocycles. The van der Waals surface area contributed by atoms with Crippen LogP contribution < -0.4 is 4.74 Å². The molecule has 0 bridgehead atoms. The van der Waals surface area contributed by atoms with Gasteiger partial charge in [0.05, 0.1) is 17.6 Å². The summed E-state index contributed by atoms with van der Waals surface area (Å²) in [5.74, 6) is -0.288. The molecule has 3 aromatic rings. The molecule has 116 valence electrons. The Morgan fingerprint density at radius 1 is 1.00 bits per heavy atom. The monoisotopic (exact) mass is 317 g/mol. The number of hydrogen-bond acceptors (Lipinski definition) is 4. The molecule has 1 aromatic carbocycles. The average molecular weight is 317 g/mol. The average Bonchev–Trinajstić information content (AvgIpc) is 2.52. The van der Waals surface area contributed by atoms with Gasteiger partial charge in [0.2, 0.25) is 0 Å². The van der Waals surface area contributed by atoms with Crippen molar-refractivity contribution in [3.63, 3.8) is 0 Å². The lowest BCUT2D eigenvalue weighted by Crippen LogP contribution is -2.16. The predicted molar refractivity (Wildman–Crippen MR) is 79.9 cm³/mol. The van der Waals surface area contributed by atoms with E-state index in [0.717, 1.165) is 5.39 Å². The van der Waals surface area contributed by atoms with Gasteiger partial charge in [-0.15, -0.1) is 13.2 Å². The number of hydrogen-bond donors (Lipinski definition) is 0. The third-order valence-corrected chi connectivity index (χ3v) is 2.90. The Morgan fingerprint density at radius 3 is 2.52 bits per heavy atom. The number of ether oxygens (including phenoxy) is 1. The van der Waals surface area contributed by atoms with E-state index in [2.05, 4.69) is 19.7 Å². The zero-order valence-electron chi connectivity index (χ0n) is 11.7. The second-order valence-corrected chi connectivity index (χ2v) is 4.59. The van der Waals surface area contributed by atoms with Crippen molar-refractivity contribution < 1.29 is 17.9 Å². The smallest absolute Gasteiger partial charge is 0.406 e. The van der Waals surface area contributed by atoms with Crippen molar-refractivity contribution in [3.05, 3.63) is 60.4 Å². The summed E-state index contributed by atoms with van der Waals surface area (Å²) in [6.45, 7) is 0. The van der Waals surface area contributed by atoms with Gasteiger partial charge in [-0.25, -0.2) is 9.97 Å². The number of aromatic nitrogens is 2. The molecule has 0 unspecified atom stereocenters. The van der Waals surface area contributed by atoms with Crippen molar-refractivity contribution in [1.82, 2.24) is 9.97 Å². The Balaban J connectivity index is 1.76. The number of halogens is 3. The molecular formula is C16H10F3N3O. The van der Waals surface area contributed by atoms with E-state index in [0.29, 0.717) is 17.0 Å². The molecule has 0 aliphatic rings. The summed E-state index contributed by atoms with van der Waals surface area (Å²) in [4.78, 5) is 12.6. The first kappa shape index (κ1) is 15.0. The van der Waals surface area contributed by atoms with E-state index in [4.69, 9.17) is 0 Å². The van der Waals surface area contributed by atoms with E-state index in [1.165, 1.54) is 30.5 Å². The lowest BCUT2D eigenvalue weighted by molar-refractivity contribution is -0.274. The van der Waals surface area contributed by atoms with Gasteiger partial charge >= 0.3 is 6.36 Å². The topological polar surface area (TPSA) is 47.4 Å². The number of rotatable bonds is 3. The minimum Gasteiger partial charge on any atom is -0.406 e. The molecule has 0 saturated carbocycles. The Morgan fingerprint density at radius 2 is 1.78 bits per heavy atom. The molecule has 2 heterocycles. The highest BCUT2D eigenvalue weighted by atomic mass is 19.4. The van der Waals surface area contributed by atoms with Gasteiger partial charge in [-0.1, -0.05) is 0 Å². The van der Waals surface area contributed by atoms with Crippen LogP contribution >= 0.6 is 0 Å². The van der Waals surface area contributed by atoms with Crippen LogP contribution in [0.2, 0.25) is 0 Å². The summed E-state index contributed by atoms with van der Waals surface area (Å²) >= 11 is 0. The summed E-state index contributed by atoms with van der Waals surface area (Å²) < 4.78 is 40.0. The minimum atomic E-state index is -4.70. The standard InChI is InChI=1S/C16H10F3N3O/c17-16(18,19)23-14-7-5-12(6-8-14)21-10-13-4-3-11-2-1-9-20-15(11)22-13/h1-10H. The first-order chi connectivity index (χ1) is 11.0. The highest BCUT2D eigenvalue weighted by Gasteiger charge is 2.30. The molecule has 0 radical (unpaired) electrons. The first-order valence-electron chi connectivity index (χ1n) is 6.61. The first-order valence-corrected chi connectivity index (χ1v) is 6.61. The van der Waals surface area contributed by atoms with E-state index in [9.17, 15) is 13.2 Å². The Labute approximate surface area is 129 Å². The largest absolute Gasteiger partial charge is 0.573 e. The molecule has 23 heavy (non-hydrogen) atoms. The molecule has 3 rings (SSSR count). The predicted octanol–water partition coefficient (Wildman–Crippen LogP) is 4.28. The van der Waals surface area contributed by atoms with Gasteiger partial charge in [-0.05, 0) is 48.5 Å². The SMILES string of the molecule is FC(F)(F)Oc1ccc(N=Cc2ccc3cccnc3n2)cc1. The van der Waals surface area contributed by atoms with Gasteiger partial charge in [0.1, 0.15) is 5.75 Å². The van der Waals surface area contributed by atoms with Crippen LogP contribution in [0, 0.1) is 0 Å². The van der Waals surface area contributed by atoms with Crippen LogP contribution in [0.1, 0.15) is 5.69 Å². The molecule has 0 spiro atoms. The molecular weight excluding hydrogens is 307 g/mol. The van der Waals surface area contributed by atoms with Gasteiger partial charge in [0, 0.05) is 11.6 Å². The zero-order chi connectivity index (χ0) is 16.3. The molecule has 0 amide bonds. The maximum Gasteiger partial charge on any atom is 0.573 e. The highest BCUT2D eigenvalue weighted by Crippen LogP contribution is 2.24. The summed E-state index contributed by atoms with van der Waals surface area (Å²) in [5.41, 5.74) is 1.69. The van der Waals surface area contributed by atoms with E-state index in [-0.39, 0.29) is 5.75 Å². The molecule has 0 fully saturated rings. The van der Waals surface area contributed by atoms with Crippen molar-refractivity contribution in [2.24, 2.45) is 4.99 Å². The number of pyridine rings is 2. The summed E-state index contributed by atoms with van der Waals surface area (Å²) in [7, 11) is 0. The number of nitrogens with zero attached hydrogens (tertiary/aromatic N) is 3. The molecule has 4 nitrogen and oxygen atoms in total. The van der Waals surface area contributed by atoms with E-state index in [1.807, 2.05) is 18.2 Å². The number of aliphatic imine (C=N–C) groups is 1. The maximum atomic E-state index is 12.1. The molecule has 0 saturated heterocycles. The fraction of sp³-hybridized carbons (Fsp3) is 0.0625.